The Balaban J connectivity index is 0.00000300. The average molecular weight is 424 g/mol. The molecular weight excluding hydrogens is 390 g/mol. The second kappa shape index (κ2) is 10.3. The van der Waals surface area contributed by atoms with Crippen molar-refractivity contribution in [3.63, 3.8) is 0 Å². The molecule has 1 heterocycles. The van der Waals surface area contributed by atoms with Gasteiger partial charge in [0.2, 0.25) is 11.8 Å². The van der Waals surface area contributed by atoms with Crippen molar-refractivity contribution in [2.75, 3.05) is 33.3 Å². The number of amides is 2. The summed E-state index contributed by atoms with van der Waals surface area (Å²) in [7, 11) is 1.64. The molecule has 0 radical (unpaired) electrons. The summed E-state index contributed by atoms with van der Waals surface area (Å²) >= 11 is 0. The Labute approximate surface area is 180 Å². The smallest absolute Gasteiger partial charge is 0.227 e. The maximum atomic E-state index is 12.9. The van der Waals surface area contributed by atoms with E-state index in [0.29, 0.717) is 32.6 Å². The van der Waals surface area contributed by atoms with E-state index in [1.807, 2.05) is 41.0 Å². The van der Waals surface area contributed by atoms with E-state index in [1.54, 1.807) is 7.11 Å². The Morgan fingerprint density at radius 3 is 2.31 bits per heavy atom. The van der Waals surface area contributed by atoms with E-state index in [-0.39, 0.29) is 30.1 Å². The molecule has 1 aromatic carbocycles. The first-order chi connectivity index (χ1) is 13.4. The highest BCUT2D eigenvalue weighted by molar-refractivity contribution is 5.85. The van der Waals surface area contributed by atoms with Crippen molar-refractivity contribution in [2.45, 2.75) is 51.0 Å². The van der Waals surface area contributed by atoms with E-state index in [1.165, 1.54) is 0 Å². The molecule has 2 aliphatic rings. The van der Waals surface area contributed by atoms with Crippen LogP contribution < -0.4 is 10.5 Å². The molecule has 162 valence electrons. The Kier molecular flexibility index (Phi) is 8.34. The molecule has 7 heteroatoms. The number of nitrogens with two attached hydrogens (primary N) is 1. The maximum absolute atomic E-state index is 12.9. The summed E-state index contributed by atoms with van der Waals surface area (Å²) in [6.07, 6.45) is 5.18. The lowest BCUT2D eigenvalue weighted by Gasteiger charge is -2.42. The predicted molar refractivity (Wildman–Crippen MR) is 116 cm³/mol. The second-order valence-corrected chi connectivity index (χ2v) is 8.36. The maximum Gasteiger partial charge on any atom is 0.227 e. The van der Waals surface area contributed by atoms with Crippen LogP contribution in [0.1, 0.15) is 44.6 Å². The molecule has 1 aromatic rings. The summed E-state index contributed by atoms with van der Waals surface area (Å²) < 4.78 is 5.16. The summed E-state index contributed by atoms with van der Waals surface area (Å²) in [5, 5.41) is 0. The van der Waals surface area contributed by atoms with Gasteiger partial charge in [0, 0.05) is 38.1 Å². The second-order valence-electron chi connectivity index (χ2n) is 8.36. The van der Waals surface area contributed by atoms with Crippen LogP contribution in [-0.2, 0) is 16.0 Å². The molecule has 29 heavy (non-hydrogen) atoms. The fourth-order valence-electron chi connectivity index (χ4n) is 4.36. The first kappa shape index (κ1) is 23.5. The zero-order valence-electron chi connectivity index (χ0n) is 17.6. The molecule has 2 fully saturated rings. The Hall–Kier alpha value is -1.79. The van der Waals surface area contributed by atoms with Crippen LogP contribution in [0.4, 0.5) is 0 Å². The summed E-state index contributed by atoms with van der Waals surface area (Å²) in [5.74, 6) is 1.07. The quantitative estimate of drug-likeness (QED) is 0.789. The molecule has 2 atom stereocenters. The lowest BCUT2D eigenvalue weighted by molar-refractivity contribution is -0.144. The van der Waals surface area contributed by atoms with Crippen molar-refractivity contribution in [1.82, 2.24) is 9.80 Å². The van der Waals surface area contributed by atoms with E-state index in [9.17, 15) is 9.59 Å². The third-order valence-electron chi connectivity index (χ3n) is 6.28. The predicted octanol–water partition coefficient (Wildman–Crippen LogP) is 2.63. The van der Waals surface area contributed by atoms with Crippen LogP contribution in [0, 0.1) is 5.92 Å². The molecule has 1 aliphatic heterocycles. The summed E-state index contributed by atoms with van der Waals surface area (Å²) in [4.78, 5) is 29.3. The summed E-state index contributed by atoms with van der Waals surface area (Å²) in [6.45, 7) is 4.45. The number of hydrogen-bond acceptors (Lipinski definition) is 4. The number of rotatable bonds is 5. The first-order valence-electron chi connectivity index (χ1n) is 10.4. The number of carbonyl (C=O) groups is 2. The van der Waals surface area contributed by atoms with Gasteiger partial charge in [0.1, 0.15) is 5.75 Å². The van der Waals surface area contributed by atoms with E-state index in [2.05, 4.69) is 0 Å². The molecule has 1 saturated carbocycles. The number of carbonyl (C=O) groups excluding carboxylic acids is 2. The molecule has 0 spiro atoms. The molecule has 2 unspecified atom stereocenters. The summed E-state index contributed by atoms with van der Waals surface area (Å²) in [6, 6.07) is 7.83. The minimum atomic E-state index is -0.402. The van der Waals surface area contributed by atoms with E-state index in [4.69, 9.17) is 10.5 Å². The Morgan fingerprint density at radius 1 is 1.10 bits per heavy atom. The molecule has 2 N–H and O–H groups in total. The van der Waals surface area contributed by atoms with Crippen LogP contribution in [0.15, 0.2) is 24.3 Å². The summed E-state index contributed by atoms with van der Waals surface area (Å²) in [5.41, 5.74) is 7.12. The van der Waals surface area contributed by atoms with Gasteiger partial charge in [-0.15, -0.1) is 12.4 Å². The molecule has 0 bridgehead atoms. The van der Waals surface area contributed by atoms with Crippen LogP contribution >= 0.6 is 12.4 Å². The van der Waals surface area contributed by atoms with Gasteiger partial charge in [-0.2, -0.15) is 0 Å². The van der Waals surface area contributed by atoms with Gasteiger partial charge in [-0.3, -0.25) is 9.59 Å². The van der Waals surface area contributed by atoms with Crippen LogP contribution in [0.5, 0.6) is 5.75 Å². The van der Waals surface area contributed by atoms with Crippen molar-refractivity contribution in [3.8, 4) is 5.75 Å². The van der Waals surface area contributed by atoms with Gasteiger partial charge in [0.15, 0.2) is 0 Å². The highest BCUT2D eigenvalue weighted by Crippen LogP contribution is 2.33. The molecule has 6 nitrogen and oxygen atoms in total. The lowest BCUT2D eigenvalue weighted by Crippen LogP contribution is -2.57. The van der Waals surface area contributed by atoms with Crippen molar-refractivity contribution >= 4 is 24.2 Å². The average Bonchev–Trinajstić information content (AvgIpc) is 2.71. The minimum absolute atomic E-state index is 0. The monoisotopic (exact) mass is 423 g/mol. The number of benzene rings is 1. The van der Waals surface area contributed by atoms with Crippen molar-refractivity contribution < 1.29 is 14.3 Å². The highest BCUT2D eigenvalue weighted by Gasteiger charge is 2.40. The van der Waals surface area contributed by atoms with E-state index < -0.39 is 5.54 Å². The first-order valence-corrected chi connectivity index (χ1v) is 10.4. The third kappa shape index (κ3) is 5.86. The minimum Gasteiger partial charge on any atom is -0.497 e. The van der Waals surface area contributed by atoms with Crippen LogP contribution in [0.25, 0.3) is 0 Å². The zero-order chi connectivity index (χ0) is 20.1. The number of aryl methyl sites for hydroxylation is 1. The van der Waals surface area contributed by atoms with Gasteiger partial charge in [0.25, 0.3) is 0 Å². The number of halogens is 1. The largest absolute Gasteiger partial charge is 0.497 e. The highest BCUT2D eigenvalue weighted by atomic mass is 35.5. The Morgan fingerprint density at radius 2 is 1.72 bits per heavy atom. The van der Waals surface area contributed by atoms with Crippen LogP contribution in [0.3, 0.4) is 0 Å². The fourth-order valence-corrected chi connectivity index (χ4v) is 4.36. The van der Waals surface area contributed by atoms with Gasteiger partial charge in [-0.05, 0) is 43.9 Å². The van der Waals surface area contributed by atoms with Crippen molar-refractivity contribution in [2.24, 2.45) is 11.7 Å². The van der Waals surface area contributed by atoms with Gasteiger partial charge >= 0.3 is 0 Å². The zero-order valence-corrected chi connectivity index (χ0v) is 18.4. The number of nitrogens with zero attached hydrogens (tertiary/aromatic N) is 2. The van der Waals surface area contributed by atoms with Crippen molar-refractivity contribution in [1.29, 1.82) is 0 Å². The fraction of sp³-hybridized carbons (Fsp3) is 0.636. The normalized spacial score (nSPS) is 24.6. The molecule has 1 aliphatic carbocycles. The molecular formula is C22H34ClN3O3. The standard InChI is InChI=1S/C22H33N3O3.ClH/c1-22(23)12-4-3-5-19(22)21(27)25-15-13-24(14-16-25)20(26)11-8-17-6-9-18(28-2)10-7-17;/h6-7,9-10,19H,3-5,8,11-16,23H2,1-2H3;1H. The van der Waals surface area contributed by atoms with Gasteiger partial charge in [-0.25, -0.2) is 0 Å². The topological polar surface area (TPSA) is 75.9 Å². The van der Waals surface area contributed by atoms with Gasteiger partial charge in [0.05, 0.1) is 13.0 Å². The molecule has 3 rings (SSSR count). The SMILES string of the molecule is COc1ccc(CCC(=O)N2CCN(C(=O)C3CCCCC3(C)N)CC2)cc1.Cl. The van der Waals surface area contributed by atoms with Crippen LogP contribution in [0.2, 0.25) is 0 Å². The Bertz CT molecular complexity index is 685. The molecule has 2 amide bonds. The van der Waals surface area contributed by atoms with Crippen molar-refractivity contribution in [3.05, 3.63) is 29.8 Å². The number of piperazine rings is 1. The third-order valence-corrected chi connectivity index (χ3v) is 6.28. The number of methoxy groups -OCH3 is 1. The number of ether oxygens (including phenoxy) is 1. The van der Waals surface area contributed by atoms with Crippen LogP contribution in [-0.4, -0.2) is 60.4 Å². The van der Waals surface area contributed by atoms with E-state index >= 15 is 0 Å². The molecule has 1 saturated heterocycles. The number of hydrogen-bond donors (Lipinski definition) is 1. The van der Waals surface area contributed by atoms with Gasteiger partial charge in [-0.1, -0.05) is 25.0 Å². The van der Waals surface area contributed by atoms with Gasteiger partial charge < -0.3 is 20.3 Å². The van der Waals surface area contributed by atoms with E-state index in [0.717, 1.165) is 43.4 Å². The lowest BCUT2D eigenvalue weighted by atomic mass is 9.74. The molecule has 0 aromatic heterocycles.